The molecule has 1 aromatic heterocycles. The molecule has 5 nitrogen and oxygen atoms in total. The summed E-state index contributed by atoms with van der Waals surface area (Å²) in [7, 11) is 1.62. The van der Waals surface area contributed by atoms with Crippen molar-refractivity contribution in [2.45, 2.75) is 31.7 Å². The second-order valence-corrected chi connectivity index (χ2v) is 7.57. The molecule has 0 spiro atoms. The molecule has 1 fully saturated rings. The number of aromatic nitrogens is 1. The largest absolute Gasteiger partial charge is 0.496 e. The molecule has 29 heavy (non-hydrogen) atoms. The molecule has 4 rings (SSSR count). The Morgan fingerprint density at radius 1 is 1.21 bits per heavy atom. The molecule has 0 bridgehead atoms. The number of hydrogen-bond donors (Lipinski definition) is 0. The van der Waals surface area contributed by atoms with Crippen molar-refractivity contribution >= 4 is 17.5 Å². The first-order valence-corrected chi connectivity index (χ1v) is 10.1. The van der Waals surface area contributed by atoms with Gasteiger partial charge in [-0.1, -0.05) is 48.0 Å². The summed E-state index contributed by atoms with van der Waals surface area (Å²) < 4.78 is 11.4. The minimum absolute atomic E-state index is 0.0582. The predicted octanol–water partition coefficient (Wildman–Crippen LogP) is 4.83. The van der Waals surface area contributed by atoms with Crippen LogP contribution in [0.1, 0.15) is 41.7 Å². The van der Waals surface area contributed by atoms with Gasteiger partial charge in [-0.05, 0) is 30.5 Å². The molecular weight excluding hydrogens is 388 g/mol. The monoisotopic (exact) mass is 410 g/mol. The highest BCUT2D eigenvalue weighted by molar-refractivity contribution is 6.31. The topological polar surface area (TPSA) is 55.6 Å². The zero-order valence-corrected chi connectivity index (χ0v) is 17.1. The van der Waals surface area contributed by atoms with E-state index in [9.17, 15) is 4.79 Å². The lowest BCUT2D eigenvalue weighted by molar-refractivity contribution is -0.131. The molecule has 0 N–H and O–H groups in total. The first kappa shape index (κ1) is 19.5. The van der Waals surface area contributed by atoms with E-state index >= 15 is 0 Å². The van der Waals surface area contributed by atoms with Gasteiger partial charge in [-0.3, -0.25) is 4.79 Å². The van der Waals surface area contributed by atoms with Crippen molar-refractivity contribution in [3.63, 3.8) is 0 Å². The number of amides is 1. The quantitative estimate of drug-likeness (QED) is 0.583. The summed E-state index contributed by atoms with van der Waals surface area (Å²) in [6.07, 6.45) is 4.40. The number of hydrogen-bond acceptors (Lipinski definition) is 4. The maximum Gasteiger partial charge on any atom is 0.227 e. The Bertz CT molecular complexity index is 1000. The Balaban J connectivity index is 1.48. The summed E-state index contributed by atoms with van der Waals surface area (Å²) in [6.45, 7) is 0.709. The second-order valence-electron chi connectivity index (χ2n) is 7.17. The molecule has 1 aliphatic rings. The zero-order chi connectivity index (χ0) is 20.2. The van der Waals surface area contributed by atoms with Crippen molar-refractivity contribution in [2.24, 2.45) is 0 Å². The molecule has 2 aromatic carbocycles. The first-order valence-electron chi connectivity index (χ1n) is 9.75. The van der Waals surface area contributed by atoms with E-state index in [1.54, 1.807) is 13.3 Å². The highest BCUT2D eigenvalue weighted by Crippen LogP contribution is 2.33. The van der Waals surface area contributed by atoms with E-state index in [-0.39, 0.29) is 11.9 Å². The van der Waals surface area contributed by atoms with Crippen molar-refractivity contribution in [3.8, 4) is 5.75 Å². The number of rotatable bonds is 6. The normalized spacial score (nSPS) is 16.2. The van der Waals surface area contributed by atoms with Crippen LogP contribution in [0.25, 0.3) is 0 Å². The number of carbonyl (C=O) groups is 1. The Labute approximate surface area is 175 Å². The van der Waals surface area contributed by atoms with E-state index in [2.05, 4.69) is 4.98 Å². The van der Waals surface area contributed by atoms with Crippen LogP contribution < -0.4 is 4.74 Å². The summed E-state index contributed by atoms with van der Waals surface area (Å²) in [5.74, 6) is 2.13. The maximum atomic E-state index is 13.0. The fourth-order valence-corrected chi connectivity index (χ4v) is 4.03. The molecule has 6 heteroatoms. The zero-order valence-electron chi connectivity index (χ0n) is 16.3. The number of methoxy groups -OCH3 is 1. The standard InChI is InChI=1S/C23H23ClN2O3/c1-28-21-11-5-3-8-17(21)14-22(27)26-12-6-10-20(26)23-25-15-18(29-23)13-16-7-2-4-9-19(16)24/h2-5,7-9,11,15,20H,6,10,12-14H2,1H3. The Kier molecular flexibility index (Phi) is 5.86. The highest BCUT2D eigenvalue weighted by Gasteiger charge is 2.33. The van der Waals surface area contributed by atoms with Crippen molar-refractivity contribution < 1.29 is 13.9 Å². The van der Waals surface area contributed by atoms with Gasteiger partial charge >= 0.3 is 0 Å². The van der Waals surface area contributed by atoms with Crippen LogP contribution in [0, 0.1) is 0 Å². The molecule has 0 saturated carbocycles. The van der Waals surface area contributed by atoms with E-state index in [0.29, 0.717) is 30.3 Å². The smallest absolute Gasteiger partial charge is 0.227 e. The van der Waals surface area contributed by atoms with Gasteiger partial charge in [0.15, 0.2) is 0 Å². The van der Waals surface area contributed by atoms with Gasteiger partial charge in [-0.25, -0.2) is 4.98 Å². The van der Waals surface area contributed by atoms with Crippen molar-refractivity contribution in [3.05, 3.63) is 82.5 Å². The fraction of sp³-hybridized carbons (Fsp3) is 0.304. The van der Waals surface area contributed by atoms with Crippen LogP contribution in [0.15, 0.2) is 59.1 Å². The minimum atomic E-state index is -0.128. The van der Waals surface area contributed by atoms with Crippen LogP contribution in [0.4, 0.5) is 0 Å². The van der Waals surface area contributed by atoms with Gasteiger partial charge in [0.1, 0.15) is 17.6 Å². The lowest BCUT2D eigenvalue weighted by Crippen LogP contribution is -2.32. The minimum Gasteiger partial charge on any atom is -0.496 e. The number of benzene rings is 2. The van der Waals surface area contributed by atoms with Gasteiger partial charge < -0.3 is 14.1 Å². The van der Waals surface area contributed by atoms with Crippen LogP contribution in [0.2, 0.25) is 5.02 Å². The number of likely N-dealkylation sites (tertiary alicyclic amines) is 1. The fourth-order valence-electron chi connectivity index (χ4n) is 3.82. The molecule has 150 valence electrons. The molecule has 1 saturated heterocycles. The average Bonchev–Trinajstić information content (AvgIpc) is 3.39. The maximum absolute atomic E-state index is 13.0. The van der Waals surface area contributed by atoms with Gasteiger partial charge in [0.05, 0.1) is 19.7 Å². The third kappa shape index (κ3) is 4.30. The molecule has 0 radical (unpaired) electrons. The summed E-state index contributed by atoms with van der Waals surface area (Å²) in [4.78, 5) is 19.3. The number of halogens is 1. The molecule has 0 aliphatic carbocycles. The lowest BCUT2D eigenvalue weighted by Gasteiger charge is -2.23. The van der Waals surface area contributed by atoms with Crippen molar-refractivity contribution in [1.29, 1.82) is 0 Å². The number of ether oxygens (including phenoxy) is 1. The Morgan fingerprint density at radius 3 is 2.76 bits per heavy atom. The first-order chi connectivity index (χ1) is 14.2. The van der Waals surface area contributed by atoms with Gasteiger partial charge in [-0.15, -0.1) is 0 Å². The van der Waals surface area contributed by atoms with Gasteiger partial charge in [-0.2, -0.15) is 0 Å². The third-order valence-corrected chi connectivity index (χ3v) is 5.66. The van der Waals surface area contributed by atoms with Gasteiger partial charge in [0.2, 0.25) is 11.8 Å². The van der Waals surface area contributed by atoms with Gasteiger partial charge in [0, 0.05) is 23.6 Å². The van der Waals surface area contributed by atoms with E-state index in [4.69, 9.17) is 20.8 Å². The average molecular weight is 411 g/mol. The summed E-state index contributed by atoms with van der Waals surface area (Å²) in [5.41, 5.74) is 1.88. The third-order valence-electron chi connectivity index (χ3n) is 5.29. The van der Waals surface area contributed by atoms with E-state index in [1.807, 2.05) is 53.4 Å². The van der Waals surface area contributed by atoms with E-state index < -0.39 is 0 Å². The number of carbonyl (C=O) groups excluding carboxylic acids is 1. The number of nitrogens with zero attached hydrogens (tertiary/aromatic N) is 2. The van der Waals surface area contributed by atoms with Crippen molar-refractivity contribution in [1.82, 2.24) is 9.88 Å². The Hall–Kier alpha value is -2.79. The van der Waals surface area contributed by atoms with Crippen molar-refractivity contribution in [2.75, 3.05) is 13.7 Å². The molecule has 2 heterocycles. The van der Waals surface area contributed by atoms with E-state index in [0.717, 1.165) is 35.5 Å². The summed E-state index contributed by atoms with van der Waals surface area (Å²) in [5, 5.41) is 0.708. The number of oxazole rings is 1. The van der Waals surface area contributed by atoms with Crippen LogP contribution in [0.3, 0.4) is 0 Å². The van der Waals surface area contributed by atoms with Crippen LogP contribution in [0.5, 0.6) is 5.75 Å². The molecule has 1 unspecified atom stereocenters. The van der Waals surface area contributed by atoms with Crippen LogP contribution in [-0.2, 0) is 17.6 Å². The van der Waals surface area contributed by atoms with E-state index in [1.165, 1.54) is 0 Å². The molecule has 1 atom stereocenters. The van der Waals surface area contributed by atoms with Gasteiger partial charge in [0.25, 0.3) is 0 Å². The van der Waals surface area contributed by atoms with Crippen LogP contribution >= 0.6 is 11.6 Å². The predicted molar refractivity (Wildman–Crippen MR) is 111 cm³/mol. The van der Waals surface area contributed by atoms with Crippen LogP contribution in [-0.4, -0.2) is 29.4 Å². The summed E-state index contributed by atoms with van der Waals surface area (Å²) >= 11 is 6.25. The molecule has 1 aliphatic heterocycles. The summed E-state index contributed by atoms with van der Waals surface area (Å²) in [6, 6.07) is 15.2. The molecule has 1 amide bonds. The second kappa shape index (κ2) is 8.70. The SMILES string of the molecule is COc1ccccc1CC(=O)N1CCCC1c1ncc(Cc2ccccc2Cl)o1. The Morgan fingerprint density at radius 2 is 1.97 bits per heavy atom. The molecule has 3 aromatic rings. The molecular formula is C23H23ClN2O3. The highest BCUT2D eigenvalue weighted by atomic mass is 35.5. The number of para-hydroxylation sites is 1. The lowest BCUT2D eigenvalue weighted by atomic mass is 10.1.